The molecule has 0 aliphatic carbocycles. The number of hydrogen-bond acceptors (Lipinski definition) is 5. The molecule has 0 bridgehead atoms. The largest absolute Gasteiger partial charge is 0.496 e. The SMILES string of the molecule is CCNC(=NCc1nc(C)c(C)o1)NCC1(c2cc(C)ccc2OC)CCOCC1. The predicted octanol–water partition coefficient (Wildman–Crippen LogP) is 3.41. The van der Waals surface area contributed by atoms with Gasteiger partial charge < -0.3 is 24.5 Å². The Morgan fingerprint density at radius 3 is 2.60 bits per heavy atom. The molecule has 2 heterocycles. The number of oxazole rings is 1. The molecule has 0 radical (unpaired) electrons. The number of ether oxygens (including phenoxy) is 2. The summed E-state index contributed by atoms with van der Waals surface area (Å²) in [6, 6.07) is 6.40. The highest BCUT2D eigenvalue weighted by Crippen LogP contribution is 2.40. The molecule has 0 saturated carbocycles. The van der Waals surface area contributed by atoms with Gasteiger partial charge in [0, 0.05) is 37.3 Å². The highest BCUT2D eigenvalue weighted by atomic mass is 16.5. The molecule has 0 atom stereocenters. The standard InChI is InChI=1S/C23H34N4O3/c1-6-24-22(25-14-21-27-17(3)18(4)30-21)26-15-23(9-11-29-12-10-23)19-13-16(2)7-8-20(19)28-5/h7-8,13H,6,9-12,14-15H2,1-5H3,(H2,24,25,26). The van der Waals surface area contributed by atoms with Crippen LogP contribution in [0.5, 0.6) is 5.75 Å². The van der Waals surface area contributed by atoms with E-state index >= 15 is 0 Å². The van der Waals surface area contributed by atoms with Crippen molar-refractivity contribution in [1.29, 1.82) is 0 Å². The third-order valence-electron chi connectivity index (χ3n) is 5.76. The third kappa shape index (κ3) is 5.14. The quantitative estimate of drug-likeness (QED) is 0.534. The first-order valence-corrected chi connectivity index (χ1v) is 10.7. The second-order valence-corrected chi connectivity index (χ2v) is 7.89. The molecule has 7 heteroatoms. The Bertz CT molecular complexity index is 850. The minimum Gasteiger partial charge on any atom is -0.496 e. The molecule has 30 heavy (non-hydrogen) atoms. The molecule has 1 aliphatic heterocycles. The Morgan fingerprint density at radius 2 is 1.97 bits per heavy atom. The van der Waals surface area contributed by atoms with E-state index in [1.165, 1.54) is 11.1 Å². The van der Waals surface area contributed by atoms with Gasteiger partial charge in [0.15, 0.2) is 5.96 Å². The van der Waals surface area contributed by atoms with Crippen molar-refractivity contribution in [3.05, 3.63) is 46.7 Å². The van der Waals surface area contributed by atoms with Crippen LogP contribution < -0.4 is 15.4 Å². The van der Waals surface area contributed by atoms with Crippen molar-refractivity contribution in [2.45, 2.75) is 52.5 Å². The summed E-state index contributed by atoms with van der Waals surface area (Å²) in [5.41, 5.74) is 3.29. The number of benzene rings is 1. The molecule has 1 saturated heterocycles. The van der Waals surface area contributed by atoms with Crippen LogP contribution in [0.4, 0.5) is 0 Å². The second kappa shape index (κ2) is 9.98. The molecule has 1 aromatic carbocycles. The third-order valence-corrected chi connectivity index (χ3v) is 5.76. The number of nitrogens with zero attached hydrogens (tertiary/aromatic N) is 2. The number of nitrogens with one attached hydrogen (secondary N) is 2. The van der Waals surface area contributed by atoms with Crippen LogP contribution >= 0.6 is 0 Å². The lowest BCUT2D eigenvalue weighted by atomic mass is 9.73. The summed E-state index contributed by atoms with van der Waals surface area (Å²) < 4.78 is 17.1. The van der Waals surface area contributed by atoms with Crippen LogP contribution in [0, 0.1) is 20.8 Å². The number of aromatic nitrogens is 1. The van der Waals surface area contributed by atoms with Gasteiger partial charge in [-0.25, -0.2) is 9.98 Å². The van der Waals surface area contributed by atoms with Crippen molar-refractivity contribution in [2.24, 2.45) is 4.99 Å². The summed E-state index contributed by atoms with van der Waals surface area (Å²) in [7, 11) is 1.74. The molecule has 2 aromatic rings. The molecular weight excluding hydrogens is 380 g/mol. The van der Waals surface area contributed by atoms with Crippen molar-refractivity contribution < 1.29 is 13.9 Å². The van der Waals surface area contributed by atoms with Gasteiger partial charge in [-0.1, -0.05) is 17.7 Å². The number of hydrogen-bond donors (Lipinski definition) is 2. The van der Waals surface area contributed by atoms with Gasteiger partial charge in [0.1, 0.15) is 18.1 Å². The highest BCUT2D eigenvalue weighted by Gasteiger charge is 2.37. The van der Waals surface area contributed by atoms with Gasteiger partial charge in [-0.15, -0.1) is 0 Å². The Balaban J connectivity index is 1.81. The summed E-state index contributed by atoms with van der Waals surface area (Å²) in [5, 5.41) is 6.88. The van der Waals surface area contributed by atoms with Crippen LogP contribution in [0.2, 0.25) is 0 Å². The van der Waals surface area contributed by atoms with Crippen LogP contribution in [-0.4, -0.2) is 44.4 Å². The van der Waals surface area contributed by atoms with Gasteiger partial charge in [-0.05, 0) is 46.6 Å². The fraction of sp³-hybridized carbons (Fsp3) is 0.565. The molecule has 3 rings (SSSR count). The molecule has 0 spiro atoms. The van der Waals surface area contributed by atoms with E-state index in [1.54, 1.807) is 7.11 Å². The van der Waals surface area contributed by atoms with Gasteiger partial charge in [-0.2, -0.15) is 0 Å². The van der Waals surface area contributed by atoms with E-state index in [0.29, 0.717) is 12.4 Å². The number of rotatable bonds is 7. The first kappa shape index (κ1) is 22.2. The van der Waals surface area contributed by atoms with Crippen molar-refractivity contribution in [1.82, 2.24) is 15.6 Å². The average molecular weight is 415 g/mol. The summed E-state index contributed by atoms with van der Waals surface area (Å²) in [6.45, 7) is 11.4. The van der Waals surface area contributed by atoms with Gasteiger partial charge in [-0.3, -0.25) is 0 Å². The molecule has 1 aliphatic rings. The molecule has 7 nitrogen and oxygen atoms in total. The Hall–Kier alpha value is -2.54. The van der Waals surface area contributed by atoms with E-state index in [0.717, 1.165) is 62.3 Å². The van der Waals surface area contributed by atoms with E-state index in [1.807, 2.05) is 13.8 Å². The van der Waals surface area contributed by atoms with Crippen LogP contribution in [0.3, 0.4) is 0 Å². The smallest absolute Gasteiger partial charge is 0.216 e. The lowest BCUT2D eigenvalue weighted by molar-refractivity contribution is 0.0505. The fourth-order valence-corrected chi connectivity index (χ4v) is 3.89. The first-order valence-electron chi connectivity index (χ1n) is 10.7. The van der Waals surface area contributed by atoms with Gasteiger partial charge in [0.25, 0.3) is 0 Å². The lowest BCUT2D eigenvalue weighted by Gasteiger charge is -2.39. The van der Waals surface area contributed by atoms with E-state index in [2.05, 4.69) is 52.7 Å². The van der Waals surface area contributed by atoms with E-state index in [-0.39, 0.29) is 5.41 Å². The average Bonchev–Trinajstić information content (AvgIpc) is 3.08. The summed E-state index contributed by atoms with van der Waals surface area (Å²) in [5.74, 6) is 3.15. The van der Waals surface area contributed by atoms with E-state index < -0.39 is 0 Å². The molecule has 0 amide bonds. The van der Waals surface area contributed by atoms with Gasteiger partial charge >= 0.3 is 0 Å². The minimum atomic E-state index is -0.0814. The number of methoxy groups -OCH3 is 1. The number of aryl methyl sites for hydroxylation is 3. The van der Waals surface area contributed by atoms with Crippen molar-refractivity contribution in [3.63, 3.8) is 0 Å². The van der Waals surface area contributed by atoms with E-state index in [4.69, 9.17) is 13.9 Å². The Labute approximate surface area is 179 Å². The maximum atomic E-state index is 5.72. The van der Waals surface area contributed by atoms with Crippen molar-refractivity contribution in [3.8, 4) is 5.75 Å². The predicted molar refractivity (Wildman–Crippen MR) is 118 cm³/mol. The zero-order valence-corrected chi connectivity index (χ0v) is 18.8. The molecule has 164 valence electrons. The van der Waals surface area contributed by atoms with Gasteiger partial charge in [0.2, 0.25) is 5.89 Å². The number of guanidine groups is 1. The highest BCUT2D eigenvalue weighted by molar-refractivity contribution is 5.79. The van der Waals surface area contributed by atoms with Gasteiger partial charge in [0.05, 0.1) is 12.8 Å². The zero-order chi connectivity index (χ0) is 21.6. The fourth-order valence-electron chi connectivity index (χ4n) is 3.89. The Morgan fingerprint density at radius 1 is 1.20 bits per heavy atom. The molecule has 2 N–H and O–H groups in total. The second-order valence-electron chi connectivity index (χ2n) is 7.89. The summed E-state index contributed by atoms with van der Waals surface area (Å²) >= 11 is 0. The summed E-state index contributed by atoms with van der Waals surface area (Å²) in [6.07, 6.45) is 1.86. The first-order chi connectivity index (χ1) is 14.5. The summed E-state index contributed by atoms with van der Waals surface area (Å²) in [4.78, 5) is 9.11. The zero-order valence-electron chi connectivity index (χ0n) is 18.8. The maximum absolute atomic E-state index is 5.72. The minimum absolute atomic E-state index is 0.0814. The van der Waals surface area contributed by atoms with Crippen LogP contribution in [0.25, 0.3) is 0 Å². The monoisotopic (exact) mass is 414 g/mol. The maximum Gasteiger partial charge on any atom is 0.216 e. The van der Waals surface area contributed by atoms with Crippen molar-refractivity contribution in [2.75, 3.05) is 33.4 Å². The van der Waals surface area contributed by atoms with E-state index in [9.17, 15) is 0 Å². The van der Waals surface area contributed by atoms with Crippen LogP contribution in [0.15, 0.2) is 27.6 Å². The normalized spacial score (nSPS) is 16.4. The molecular formula is C23H34N4O3. The number of aliphatic imine (C=N–C) groups is 1. The lowest BCUT2D eigenvalue weighted by Crippen LogP contribution is -2.48. The van der Waals surface area contributed by atoms with Crippen LogP contribution in [-0.2, 0) is 16.7 Å². The Kier molecular flexibility index (Phi) is 7.37. The molecule has 0 unspecified atom stereocenters. The van der Waals surface area contributed by atoms with Crippen LogP contribution in [0.1, 0.15) is 48.2 Å². The topological polar surface area (TPSA) is 80.9 Å². The molecule has 1 aromatic heterocycles. The molecule has 1 fully saturated rings. The van der Waals surface area contributed by atoms with Crippen molar-refractivity contribution >= 4 is 5.96 Å².